The van der Waals surface area contributed by atoms with Gasteiger partial charge in [-0.3, -0.25) is 4.72 Å². The Morgan fingerprint density at radius 2 is 1.76 bits per heavy atom. The zero-order valence-electron chi connectivity index (χ0n) is 21.6. The highest BCUT2D eigenvalue weighted by Gasteiger charge is 2.18. The molecule has 0 spiro atoms. The standard InChI is InChI=1S/C22H24ClN5O2S.C5H11N/c1-29-15-10-11-17(19(12-15)30-2)26-22-24-13-16(23)21(27-22)25-18-8-3-4-9-20(18)31-28-14-6-5-7-14;1-6-4-2-3-5-6/h3-4,8-14,28H,5-7H2,1-2H3,(H2,24,25,26,27);2-5H2,1H3. The van der Waals surface area contributed by atoms with Crippen molar-refractivity contribution in [3.8, 4) is 11.5 Å². The van der Waals surface area contributed by atoms with Crippen LogP contribution in [0.3, 0.4) is 0 Å². The lowest BCUT2D eigenvalue weighted by molar-refractivity contribution is 0.395. The average Bonchev–Trinajstić information content (AvgIpc) is 3.37. The maximum absolute atomic E-state index is 6.38. The van der Waals surface area contributed by atoms with E-state index in [1.165, 1.54) is 45.2 Å². The van der Waals surface area contributed by atoms with Crippen LogP contribution in [0.2, 0.25) is 5.02 Å². The number of halogens is 1. The number of aromatic nitrogens is 2. The molecule has 3 N–H and O–H groups in total. The number of anilines is 4. The molecule has 198 valence electrons. The number of methoxy groups -OCH3 is 2. The number of para-hydroxylation sites is 1. The molecule has 2 fully saturated rings. The fourth-order valence-corrected chi connectivity index (χ4v) is 4.92. The molecule has 5 rings (SSSR count). The Morgan fingerprint density at radius 1 is 0.973 bits per heavy atom. The van der Waals surface area contributed by atoms with Crippen LogP contribution >= 0.6 is 23.5 Å². The molecule has 8 nitrogen and oxygen atoms in total. The van der Waals surface area contributed by atoms with Crippen LogP contribution in [0.4, 0.5) is 23.1 Å². The van der Waals surface area contributed by atoms with Crippen LogP contribution in [-0.2, 0) is 0 Å². The van der Waals surface area contributed by atoms with Gasteiger partial charge >= 0.3 is 0 Å². The van der Waals surface area contributed by atoms with Gasteiger partial charge in [0.15, 0.2) is 5.82 Å². The molecule has 0 bridgehead atoms. The van der Waals surface area contributed by atoms with Crippen molar-refractivity contribution in [1.82, 2.24) is 19.6 Å². The van der Waals surface area contributed by atoms with E-state index in [0.717, 1.165) is 16.3 Å². The van der Waals surface area contributed by atoms with Crippen molar-refractivity contribution in [2.24, 2.45) is 0 Å². The van der Waals surface area contributed by atoms with Crippen molar-refractivity contribution in [2.45, 2.75) is 43.0 Å². The SMILES string of the molecule is CN1CCCC1.COc1ccc(Nc2ncc(Cl)c(Nc3ccccc3SNC3CCC3)n2)c(OC)c1. The maximum Gasteiger partial charge on any atom is 0.229 e. The molecule has 37 heavy (non-hydrogen) atoms. The topological polar surface area (TPSA) is 83.6 Å². The number of nitrogens with zero attached hydrogens (tertiary/aromatic N) is 3. The van der Waals surface area contributed by atoms with E-state index in [1.807, 2.05) is 30.3 Å². The molecule has 2 heterocycles. The van der Waals surface area contributed by atoms with Crippen LogP contribution in [0.1, 0.15) is 32.1 Å². The van der Waals surface area contributed by atoms with E-state index in [9.17, 15) is 0 Å². The summed E-state index contributed by atoms with van der Waals surface area (Å²) >= 11 is 8.01. The van der Waals surface area contributed by atoms with Gasteiger partial charge in [0.1, 0.15) is 16.5 Å². The predicted molar refractivity (Wildman–Crippen MR) is 153 cm³/mol. The molecule has 1 saturated carbocycles. The van der Waals surface area contributed by atoms with E-state index in [0.29, 0.717) is 34.3 Å². The molecular weight excluding hydrogens is 508 g/mol. The first kappa shape index (κ1) is 27.3. The van der Waals surface area contributed by atoms with Crippen LogP contribution in [0, 0.1) is 0 Å². The molecule has 0 atom stereocenters. The number of benzene rings is 2. The Labute approximate surface area is 228 Å². The minimum absolute atomic E-state index is 0.396. The summed E-state index contributed by atoms with van der Waals surface area (Å²) < 4.78 is 14.2. The Kier molecular flexibility index (Phi) is 10.1. The molecule has 3 aromatic rings. The fraction of sp³-hybridized carbons (Fsp3) is 0.407. The lowest BCUT2D eigenvalue weighted by Crippen LogP contribution is -2.30. The third-order valence-corrected chi connectivity index (χ3v) is 7.61. The van der Waals surface area contributed by atoms with Gasteiger partial charge in [-0.1, -0.05) is 30.2 Å². The number of hydrogen-bond acceptors (Lipinski definition) is 9. The van der Waals surface area contributed by atoms with Gasteiger partial charge in [0.25, 0.3) is 0 Å². The van der Waals surface area contributed by atoms with Crippen LogP contribution in [0.15, 0.2) is 53.6 Å². The monoisotopic (exact) mass is 542 g/mol. The van der Waals surface area contributed by atoms with Crippen molar-refractivity contribution in [1.29, 1.82) is 0 Å². The van der Waals surface area contributed by atoms with Crippen molar-refractivity contribution < 1.29 is 9.47 Å². The zero-order chi connectivity index (χ0) is 26.0. The summed E-state index contributed by atoms with van der Waals surface area (Å²) in [5.74, 6) is 2.24. The van der Waals surface area contributed by atoms with Gasteiger partial charge in [-0.2, -0.15) is 4.98 Å². The molecule has 1 aromatic heterocycles. The minimum Gasteiger partial charge on any atom is -0.497 e. The summed E-state index contributed by atoms with van der Waals surface area (Å²) in [6, 6.07) is 14.1. The van der Waals surface area contributed by atoms with Crippen LogP contribution in [-0.4, -0.2) is 55.3 Å². The number of likely N-dealkylation sites (tertiary alicyclic amines) is 1. The van der Waals surface area contributed by atoms with E-state index in [2.05, 4.69) is 43.3 Å². The molecule has 1 aliphatic carbocycles. The molecule has 2 aromatic carbocycles. The molecule has 0 radical (unpaired) electrons. The smallest absolute Gasteiger partial charge is 0.229 e. The second-order valence-electron chi connectivity index (χ2n) is 9.06. The van der Waals surface area contributed by atoms with Crippen molar-refractivity contribution in [3.05, 3.63) is 53.7 Å². The highest BCUT2D eigenvalue weighted by molar-refractivity contribution is 7.97. The molecule has 0 unspecified atom stereocenters. The lowest BCUT2D eigenvalue weighted by atomic mass is 9.94. The molecule has 0 amide bonds. The Balaban J connectivity index is 0.000000469. The summed E-state index contributed by atoms with van der Waals surface area (Å²) in [6.07, 6.45) is 8.14. The molecule has 1 aliphatic heterocycles. The van der Waals surface area contributed by atoms with Gasteiger partial charge in [0.2, 0.25) is 5.95 Å². The van der Waals surface area contributed by atoms with Gasteiger partial charge in [-0.05, 0) is 82.0 Å². The van der Waals surface area contributed by atoms with E-state index in [4.69, 9.17) is 21.1 Å². The number of hydrogen-bond donors (Lipinski definition) is 3. The van der Waals surface area contributed by atoms with E-state index < -0.39 is 0 Å². The van der Waals surface area contributed by atoms with Crippen molar-refractivity contribution >= 4 is 46.7 Å². The van der Waals surface area contributed by atoms with Crippen LogP contribution < -0.4 is 24.8 Å². The predicted octanol–water partition coefficient (Wildman–Crippen LogP) is 6.50. The average molecular weight is 543 g/mol. The summed E-state index contributed by atoms with van der Waals surface area (Å²) in [5, 5.41) is 6.95. The van der Waals surface area contributed by atoms with Crippen LogP contribution in [0.25, 0.3) is 0 Å². The Morgan fingerprint density at radius 3 is 2.41 bits per heavy atom. The van der Waals surface area contributed by atoms with Crippen molar-refractivity contribution in [2.75, 3.05) is 45.0 Å². The second-order valence-corrected chi connectivity index (χ2v) is 10.3. The van der Waals surface area contributed by atoms with Crippen LogP contribution in [0.5, 0.6) is 11.5 Å². The first-order valence-electron chi connectivity index (χ1n) is 12.5. The summed E-state index contributed by atoms with van der Waals surface area (Å²) in [4.78, 5) is 12.3. The molecule has 10 heteroatoms. The van der Waals surface area contributed by atoms with Gasteiger partial charge in [-0.25, -0.2) is 4.98 Å². The summed E-state index contributed by atoms with van der Waals surface area (Å²) in [5.41, 5.74) is 1.64. The van der Waals surface area contributed by atoms with Gasteiger partial charge in [0.05, 0.1) is 31.8 Å². The summed E-state index contributed by atoms with van der Waals surface area (Å²) in [7, 11) is 5.38. The van der Waals surface area contributed by atoms with Gasteiger partial charge < -0.3 is 25.0 Å². The third-order valence-electron chi connectivity index (χ3n) is 6.31. The van der Waals surface area contributed by atoms with E-state index in [-0.39, 0.29) is 0 Å². The molecular formula is C27H35ClN6O2S. The maximum atomic E-state index is 6.38. The fourth-order valence-electron chi connectivity index (χ4n) is 3.87. The zero-order valence-corrected chi connectivity index (χ0v) is 23.2. The van der Waals surface area contributed by atoms with Gasteiger partial charge in [-0.15, -0.1) is 0 Å². The van der Waals surface area contributed by atoms with Gasteiger partial charge in [0, 0.05) is 17.0 Å². The first-order chi connectivity index (χ1) is 18.1. The lowest BCUT2D eigenvalue weighted by Gasteiger charge is -2.26. The summed E-state index contributed by atoms with van der Waals surface area (Å²) in [6.45, 7) is 2.64. The van der Waals surface area contributed by atoms with E-state index >= 15 is 0 Å². The highest BCUT2D eigenvalue weighted by atomic mass is 35.5. The van der Waals surface area contributed by atoms with E-state index in [1.54, 1.807) is 38.4 Å². The normalized spacial score (nSPS) is 15.4. The quantitative estimate of drug-likeness (QED) is 0.262. The second kappa shape index (κ2) is 13.7. The number of nitrogens with one attached hydrogen (secondary N) is 3. The third kappa shape index (κ3) is 7.88. The Hall–Kier alpha value is -2.72. The first-order valence-corrected chi connectivity index (χ1v) is 13.7. The Bertz CT molecular complexity index is 1160. The number of ether oxygens (including phenoxy) is 2. The molecule has 2 aliphatic rings. The highest BCUT2D eigenvalue weighted by Crippen LogP contribution is 2.34. The number of rotatable bonds is 9. The minimum atomic E-state index is 0.396. The largest absolute Gasteiger partial charge is 0.497 e. The molecule has 1 saturated heterocycles. The van der Waals surface area contributed by atoms with Crippen molar-refractivity contribution in [3.63, 3.8) is 0 Å².